The third kappa shape index (κ3) is 2.61. The van der Waals surface area contributed by atoms with E-state index in [0.29, 0.717) is 0 Å². The van der Waals surface area contributed by atoms with Crippen molar-refractivity contribution in [3.05, 3.63) is 34.9 Å². The highest BCUT2D eigenvalue weighted by Gasteiger charge is 2.21. The van der Waals surface area contributed by atoms with Crippen molar-refractivity contribution in [2.75, 3.05) is 13.1 Å². The zero-order valence-electron chi connectivity index (χ0n) is 9.84. The van der Waals surface area contributed by atoms with Crippen molar-refractivity contribution in [2.45, 2.75) is 26.3 Å². The van der Waals surface area contributed by atoms with Gasteiger partial charge in [-0.1, -0.05) is 29.3 Å². The first kappa shape index (κ1) is 11.1. The first-order valence-electron chi connectivity index (χ1n) is 5.73. The zero-order chi connectivity index (χ0) is 11.5. The molecule has 0 aromatic heterocycles. The van der Waals surface area contributed by atoms with Crippen molar-refractivity contribution < 1.29 is 4.79 Å². The molecule has 0 spiro atoms. The highest BCUT2D eigenvalue weighted by Crippen LogP contribution is 2.11. The molecular formula is C13H18N2O. The monoisotopic (exact) mass is 218 g/mol. The van der Waals surface area contributed by atoms with Crippen molar-refractivity contribution in [3.63, 3.8) is 0 Å². The van der Waals surface area contributed by atoms with Crippen molar-refractivity contribution in [3.8, 4) is 0 Å². The summed E-state index contributed by atoms with van der Waals surface area (Å²) in [6.45, 7) is 5.78. The SMILES string of the molecule is Cc1cc(C)cc(CC2NCCNC2=O)c1. The van der Waals surface area contributed by atoms with Gasteiger partial charge < -0.3 is 10.6 Å². The maximum absolute atomic E-state index is 11.6. The molecule has 1 aliphatic heterocycles. The second-order valence-corrected chi connectivity index (χ2v) is 4.50. The van der Waals surface area contributed by atoms with E-state index in [9.17, 15) is 4.79 Å². The molecule has 1 unspecified atom stereocenters. The van der Waals surface area contributed by atoms with E-state index < -0.39 is 0 Å². The lowest BCUT2D eigenvalue weighted by Gasteiger charge is -2.23. The summed E-state index contributed by atoms with van der Waals surface area (Å²) in [7, 11) is 0. The maximum atomic E-state index is 11.6. The molecule has 1 fully saturated rings. The lowest BCUT2D eigenvalue weighted by atomic mass is 10.00. The number of amides is 1. The fraction of sp³-hybridized carbons (Fsp3) is 0.462. The van der Waals surface area contributed by atoms with Gasteiger partial charge in [0.15, 0.2) is 0 Å². The van der Waals surface area contributed by atoms with Crippen molar-refractivity contribution >= 4 is 5.91 Å². The molecule has 3 nitrogen and oxygen atoms in total. The number of carbonyl (C=O) groups is 1. The average molecular weight is 218 g/mol. The largest absolute Gasteiger partial charge is 0.353 e. The van der Waals surface area contributed by atoms with E-state index in [-0.39, 0.29) is 11.9 Å². The van der Waals surface area contributed by atoms with Gasteiger partial charge in [-0.05, 0) is 25.8 Å². The molecule has 2 rings (SSSR count). The van der Waals surface area contributed by atoms with Gasteiger partial charge in [0, 0.05) is 13.1 Å². The molecule has 3 heteroatoms. The van der Waals surface area contributed by atoms with Crippen LogP contribution in [-0.4, -0.2) is 25.0 Å². The normalized spacial score (nSPS) is 20.6. The quantitative estimate of drug-likeness (QED) is 0.775. The molecule has 1 saturated heterocycles. The molecule has 1 atom stereocenters. The number of carbonyl (C=O) groups excluding carboxylic acids is 1. The second-order valence-electron chi connectivity index (χ2n) is 4.50. The molecule has 0 radical (unpaired) electrons. The number of benzene rings is 1. The van der Waals surface area contributed by atoms with Gasteiger partial charge in [0.2, 0.25) is 5.91 Å². The van der Waals surface area contributed by atoms with Gasteiger partial charge in [-0.15, -0.1) is 0 Å². The van der Waals surface area contributed by atoms with Crippen molar-refractivity contribution in [1.29, 1.82) is 0 Å². The molecule has 0 aliphatic carbocycles. The van der Waals surface area contributed by atoms with Crippen LogP contribution in [0.4, 0.5) is 0 Å². The number of piperazine rings is 1. The Balaban J connectivity index is 2.10. The van der Waals surface area contributed by atoms with Gasteiger partial charge in [-0.2, -0.15) is 0 Å². The van der Waals surface area contributed by atoms with Gasteiger partial charge in [0.25, 0.3) is 0 Å². The fourth-order valence-electron chi connectivity index (χ4n) is 2.24. The summed E-state index contributed by atoms with van der Waals surface area (Å²) < 4.78 is 0. The predicted octanol–water partition coefficient (Wildman–Crippen LogP) is 0.934. The van der Waals surface area contributed by atoms with E-state index in [1.807, 2.05) is 0 Å². The first-order chi connectivity index (χ1) is 7.65. The number of nitrogens with one attached hydrogen (secondary N) is 2. The van der Waals surface area contributed by atoms with Crippen LogP contribution in [0.1, 0.15) is 16.7 Å². The predicted molar refractivity (Wildman–Crippen MR) is 64.4 cm³/mol. The van der Waals surface area contributed by atoms with E-state index in [0.717, 1.165) is 19.5 Å². The molecule has 86 valence electrons. The summed E-state index contributed by atoms with van der Waals surface area (Å²) in [5.74, 6) is 0.116. The van der Waals surface area contributed by atoms with Crippen LogP contribution in [0.2, 0.25) is 0 Å². The van der Waals surface area contributed by atoms with Gasteiger partial charge in [-0.25, -0.2) is 0 Å². The molecule has 0 bridgehead atoms. The van der Waals surface area contributed by atoms with E-state index in [4.69, 9.17) is 0 Å². The summed E-state index contributed by atoms with van der Waals surface area (Å²) in [6, 6.07) is 6.38. The topological polar surface area (TPSA) is 41.1 Å². The van der Waals surface area contributed by atoms with Crippen LogP contribution in [0.15, 0.2) is 18.2 Å². The minimum Gasteiger partial charge on any atom is -0.353 e. The van der Waals surface area contributed by atoms with E-state index >= 15 is 0 Å². The number of hydrogen-bond donors (Lipinski definition) is 2. The Morgan fingerprint density at radius 2 is 1.88 bits per heavy atom. The smallest absolute Gasteiger partial charge is 0.237 e. The Morgan fingerprint density at radius 1 is 1.19 bits per heavy atom. The molecular weight excluding hydrogens is 200 g/mol. The molecule has 0 saturated carbocycles. The summed E-state index contributed by atoms with van der Waals surface area (Å²) in [5.41, 5.74) is 3.74. The number of aryl methyl sites for hydroxylation is 2. The van der Waals surface area contributed by atoms with Crippen LogP contribution in [0.25, 0.3) is 0 Å². The lowest BCUT2D eigenvalue weighted by molar-refractivity contribution is -0.124. The van der Waals surface area contributed by atoms with Crippen LogP contribution in [-0.2, 0) is 11.2 Å². The molecule has 1 aliphatic rings. The minimum absolute atomic E-state index is 0.0741. The maximum Gasteiger partial charge on any atom is 0.237 e. The number of hydrogen-bond acceptors (Lipinski definition) is 2. The van der Waals surface area contributed by atoms with Crippen LogP contribution >= 0.6 is 0 Å². The van der Waals surface area contributed by atoms with E-state index in [1.165, 1.54) is 16.7 Å². The lowest BCUT2D eigenvalue weighted by Crippen LogP contribution is -2.53. The standard InChI is InChI=1S/C13H18N2O/c1-9-5-10(2)7-11(6-9)8-12-13(16)15-4-3-14-12/h5-7,12,14H,3-4,8H2,1-2H3,(H,15,16). The zero-order valence-corrected chi connectivity index (χ0v) is 9.84. The average Bonchev–Trinajstić information content (AvgIpc) is 2.20. The van der Waals surface area contributed by atoms with Gasteiger partial charge >= 0.3 is 0 Å². The third-order valence-electron chi connectivity index (χ3n) is 2.85. The first-order valence-corrected chi connectivity index (χ1v) is 5.73. The third-order valence-corrected chi connectivity index (χ3v) is 2.85. The molecule has 16 heavy (non-hydrogen) atoms. The molecule has 1 heterocycles. The molecule has 1 aromatic carbocycles. The Morgan fingerprint density at radius 3 is 2.50 bits per heavy atom. The van der Waals surface area contributed by atoms with Crippen LogP contribution in [0.3, 0.4) is 0 Å². The van der Waals surface area contributed by atoms with Gasteiger partial charge in [-0.3, -0.25) is 4.79 Å². The second kappa shape index (κ2) is 4.66. The summed E-state index contributed by atoms with van der Waals surface area (Å²) >= 11 is 0. The highest BCUT2D eigenvalue weighted by molar-refractivity contribution is 5.82. The van der Waals surface area contributed by atoms with Crippen LogP contribution in [0.5, 0.6) is 0 Å². The summed E-state index contributed by atoms with van der Waals surface area (Å²) in [4.78, 5) is 11.6. The van der Waals surface area contributed by atoms with Crippen molar-refractivity contribution in [1.82, 2.24) is 10.6 Å². The molecule has 1 aromatic rings. The highest BCUT2D eigenvalue weighted by atomic mass is 16.2. The summed E-state index contributed by atoms with van der Waals surface area (Å²) in [5, 5.41) is 6.12. The Bertz CT molecular complexity index is 381. The Hall–Kier alpha value is -1.35. The van der Waals surface area contributed by atoms with Crippen LogP contribution in [0, 0.1) is 13.8 Å². The Kier molecular flexibility index (Phi) is 3.25. The molecule has 2 N–H and O–H groups in total. The van der Waals surface area contributed by atoms with E-state index in [1.54, 1.807) is 0 Å². The molecule has 1 amide bonds. The number of rotatable bonds is 2. The summed E-state index contributed by atoms with van der Waals surface area (Å²) in [6.07, 6.45) is 0.772. The Labute approximate surface area is 96.2 Å². The van der Waals surface area contributed by atoms with E-state index in [2.05, 4.69) is 42.7 Å². The fourth-order valence-corrected chi connectivity index (χ4v) is 2.24. The van der Waals surface area contributed by atoms with Crippen LogP contribution < -0.4 is 10.6 Å². The van der Waals surface area contributed by atoms with Crippen molar-refractivity contribution in [2.24, 2.45) is 0 Å². The van der Waals surface area contributed by atoms with Gasteiger partial charge in [0.05, 0.1) is 6.04 Å². The minimum atomic E-state index is -0.0741. The van der Waals surface area contributed by atoms with Gasteiger partial charge in [0.1, 0.15) is 0 Å².